The molecule has 1 amide bonds. The van der Waals surface area contributed by atoms with Crippen molar-refractivity contribution in [3.63, 3.8) is 0 Å². The van der Waals surface area contributed by atoms with Crippen molar-refractivity contribution >= 4 is 11.9 Å². The number of nitrogens with one attached hydrogen (secondary N) is 2. The molecule has 1 fully saturated rings. The second-order valence-corrected chi connectivity index (χ2v) is 4.84. The lowest BCUT2D eigenvalue weighted by molar-refractivity contribution is -0.147. The zero-order valence-electron chi connectivity index (χ0n) is 10.2. The largest absolute Gasteiger partial charge is 0.481 e. The molecule has 1 aromatic heterocycles. The molecule has 8 heteroatoms. The van der Waals surface area contributed by atoms with Crippen LogP contribution in [0.3, 0.4) is 0 Å². The summed E-state index contributed by atoms with van der Waals surface area (Å²) in [5.41, 5.74) is -2.57. The number of carboxylic acids is 1. The predicted molar refractivity (Wildman–Crippen MR) is 63.9 cm³/mol. The van der Waals surface area contributed by atoms with Gasteiger partial charge in [-0.05, 0) is 13.3 Å². The number of likely N-dealkylation sites (tertiary alicyclic amines) is 1. The molecule has 0 aliphatic carbocycles. The minimum atomic E-state index is -0.989. The summed E-state index contributed by atoms with van der Waals surface area (Å²) in [6, 6.07) is 0.986. The van der Waals surface area contributed by atoms with Crippen molar-refractivity contribution in [1.82, 2.24) is 14.9 Å². The quantitative estimate of drug-likeness (QED) is 0.634. The fourth-order valence-corrected chi connectivity index (χ4v) is 2.06. The maximum absolute atomic E-state index is 12.1. The number of carbonyl (C=O) groups excluding carboxylic acids is 1. The number of hydrogen-bond acceptors (Lipinski definition) is 4. The van der Waals surface area contributed by atoms with Gasteiger partial charge >= 0.3 is 11.7 Å². The molecule has 1 aliphatic rings. The number of hydrogen-bond donors (Lipinski definition) is 3. The van der Waals surface area contributed by atoms with Crippen molar-refractivity contribution in [2.24, 2.45) is 5.41 Å². The van der Waals surface area contributed by atoms with Crippen LogP contribution in [0.25, 0.3) is 0 Å². The molecule has 0 aromatic carbocycles. The van der Waals surface area contributed by atoms with Crippen LogP contribution < -0.4 is 11.2 Å². The van der Waals surface area contributed by atoms with Crippen LogP contribution >= 0.6 is 0 Å². The molecular weight excluding hydrogens is 254 g/mol. The van der Waals surface area contributed by atoms with Gasteiger partial charge in [-0.1, -0.05) is 0 Å². The number of rotatable bonds is 2. The maximum Gasteiger partial charge on any atom is 0.326 e. The van der Waals surface area contributed by atoms with Gasteiger partial charge < -0.3 is 15.0 Å². The minimum absolute atomic E-state index is 0.0516. The van der Waals surface area contributed by atoms with Crippen LogP contribution in [0.1, 0.15) is 23.8 Å². The van der Waals surface area contributed by atoms with Gasteiger partial charge in [0.05, 0.1) is 5.41 Å². The SMILES string of the molecule is CC1(C(=O)O)CCN(C(=O)c2cc(=O)[nH]c(=O)[nH]2)C1. The van der Waals surface area contributed by atoms with Crippen molar-refractivity contribution < 1.29 is 14.7 Å². The van der Waals surface area contributed by atoms with Crippen LogP contribution in [-0.2, 0) is 4.79 Å². The van der Waals surface area contributed by atoms with Crippen molar-refractivity contribution in [1.29, 1.82) is 0 Å². The minimum Gasteiger partial charge on any atom is -0.481 e. The van der Waals surface area contributed by atoms with E-state index in [9.17, 15) is 19.2 Å². The topological polar surface area (TPSA) is 123 Å². The van der Waals surface area contributed by atoms with Crippen LogP contribution in [0, 0.1) is 5.41 Å². The second-order valence-electron chi connectivity index (χ2n) is 4.84. The summed E-state index contributed by atoms with van der Waals surface area (Å²) < 4.78 is 0. The highest BCUT2D eigenvalue weighted by atomic mass is 16.4. The van der Waals surface area contributed by atoms with Gasteiger partial charge in [0, 0.05) is 19.2 Å². The van der Waals surface area contributed by atoms with E-state index >= 15 is 0 Å². The monoisotopic (exact) mass is 267 g/mol. The molecule has 2 heterocycles. The Bertz CT molecular complexity index is 618. The number of aliphatic carboxylic acids is 1. The molecule has 1 aromatic rings. The first-order chi connectivity index (χ1) is 8.82. The Morgan fingerprint density at radius 2 is 2.05 bits per heavy atom. The molecule has 2 rings (SSSR count). The highest BCUT2D eigenvalue weighted by Gasteiger charge is 2.42. The summed E-state index contributed by atoms with van der Waals surface area (Å²) in [6.07, 6.45) is 0.335. The van der Waals surface area contributed by atoms with E-state index in [1.807, 2.05) is 4.98 Å². The van der Waals surface area contributed by atoms with Crippen LogP contribution in [-0.4, -0.2) is 44.9 Å². The molecule has 1 unspecified atom stereocenters. The Balaban J connectivity index is 2.25. The normalized spacial score (nSPS) is 22.5. The number of H-pyrrole nitrogens is 2. The van der Waals surface area contributed by atoms with Crippen molar-refractivity contribution in [2.75, 3.05) is 13.1 Å². The fourth-order valence-electron chi connectivity index (χ4n) is 2.06. The number of aromatic amines is 2. The number of carboxylic acid groups (broad SMARTS) is 1. The molecule has 8 nitrogen and oxygen atoms in total. The molecule has 1 saturated heterocycles. The Morgan fingerprint density at radius 3 is 2.58 bits per heavy atom. The summed E-state index contributed by atoms with van der Waals surface area (Å²) >= 11 is 0. The lowest BCUT2D eigenvalue weighted by Gasteiger charge is -2.19. The Morgan fingerprint density at radius 1 is 1.37 bits per heavy atom. The van der Waals surface area contributed by atoms with Crippen LogP contribution in [0.5, 0.6) is 0 Å². The van der Waals surface area contributed by atoms with Crippen molar-refractivity contribution in [3.8, 4) is 0 Å². The molecule has 1 atom stereocenters. The highest BCUT2D eigenvalue weighted by Crippen LogP contribution is 2.30. The third-order valence-electron chi connectivity index (χ3n) is 3.27. The number of nitrogens with zero attached hydrogens (tertiary/aromatic N) is 1. The Hall–Kier alpha value is -2.38. The van der Waals surface area contributed by atoms with E-state index in [1.54, 1.807) is 6.92 Å². The maximum atomic E-state index is 12.1. The molecular formula is C11H13N3O5. The first-order valence-electron chi connectivity index (χ1n) is 5.68. The van der Waals surface area contributed by atoms with Gasteiger partial charge in [0.2, 0.25) is 0 Å². The Kier molecular flexibility index (Phi) is 3.01. The molecule has 0 radical (unpaired) electrons. The van der Waals surface area contributed by atoms with Gasteiger partial charge in [0.1, 0.15) is 5.69 Å². The predicted octanol–water partition coefficient (Wildman–Crippen LogP) is -1.000. The van der Waals surface area contributed by atoms with E-state index in [0.29, 0.717) is 6.42 Å². The summed E-state index contributed by atoms with van der Waals surface area (Å²) in [6.45, 7) is 1.88. The zero-order chi connectivity index (χ0) is 14.2. The number of aromatic nitrogens is 2. The first kappa shape index (κ1) is 13.1. The smallest absolute Gasteiger partial charge is 0.326 e. The molecule has 0 saturated carbocycles. The number of amides is 1. The summed E-state index contributed by atoms with van der Waals surface area (Å²) in [5.74, 6) is -1.52. The van der Waals surface area contributed by atoms with Crippen LogP contribution in [0.15, 0.2) is 15.7 Å². The average Bonchev–Trinajstić information content (AvgIpc) is 2.71. The van der Waals surface area contributed by atoms with E-state index in [2.05, 4.69) is 4.98 Å². The standard InChI is InChI=1S/C11H13N3O5/c1-11(9(17)18)2-3-14(5-11)8(16)6-4-7(15)13-10(19)12-6/h4H,2-3,5H2,1H3,(H,17,18)(H2,12,13,15,19). The lowest BCUT2D eigenvalue weighted by Crippen LogP contribution is -2.37. The fraction of sp³-hybridized carbons (Fsp3) is 0.455. The van der Waals surface area contributed by atoms with Gasteiger partial charge in [-0.2, -0.15) is 0 Å². The van der Waals surface area contributed by atoms with Crippen LogP contribution in [0.4, 0.5) is 0 Å². The molecule has 0 spiro atoms. The molecule has 1 aliphatic heterocycles. The van der Waals surface area contributed by atoms with E-state index in [1.165, 1.54) is 4.90 Å². The zero-order valence-corrected chi connectivity index (χ0v) is 10.2. The van der Waals surface area contributed by atoms with E-state index < -0.39 is 28.5 Å². The van der Waals surface area contributed by atoms with Gasteiger partial charge in [-0.15, -0.1) is 0 Å². The third-order valence-corrected chi connectivity index (χ3v) is 3.27. The van der Waals surface area contributed by atoms with Gasteiger partial charge in [-0.3, -0.25) is 19.4 Å². The molecule has 19 heavy (non-hydrogen) atoms. The van der Waals surface area contributed by atoms with Gasteiger partial charge in [0.15, 0.2) is 0 Å². The van der Waals surface area contributed by atoms with E-state index in [4.69, 9.17) is 5.11 Å². The summed E-state index contributed by atoms with van der Waals surface area (Å²) in [7, 11) is 0. The third kappa shape index (κ3) is 2.42. The molecule has 0 bridgehead atoms. The first-order valence-corrected chi connectivity index (χ1v) is 5.68. The molecule has 102 valence electrons. The Labute approximate surface area is 107 Å². The lowest BCUT2D eigenvalue weighted by atomic mass is 9.90. The summed E-state index contributed by atoms with van der Waals surface area (Å²) in [5, 5.41) is 9.08. The molecule has 3 N–H and O–H groups in total. The highest BCUT2D eigenvalue weighted by molar-refractivity contribution is 5.93. The van der Waals surface area contributed by atoms with Gasteiger partial charge in [-0.25, -0.2) is 4.79 Å². The van der Waals surface area contributed by atoms with Crippen molar-refractivity contribution in [2.45, 2.75) is 13.3 Å². The second kappa shape index (κ2) is 4.38. The number of carbonyl (C=O) groups is 2. The average molecular weight is 267 g/mol. The van der Waals surface area contributed by atoms with Crippen molar-refractivity contribution in [3.05, 3.63) is 32.6 Å². The van der Waals surface area contributed by atoms with Crippen LogP contribution in [0.2, 0.25) is 0 Å². The van der Waals surface area contributed by atoms with Gasteiger partial charge in [0.25, 0.3) is 11.5 Å². The van der Waals surface area contributed by atoms with E-state index in [0.717, 1.165) is 6.07 Å². The van der Waals surface area contributed by atoms with E-state index in [-0.39, 0.29) is 18.8 Å². The summed E-state index contributed by atoms with van der Waals surface area (Å²) in [4.78, 5) is 50.9.